The topological polar surface area (TPSA) is 102 Å². The summed E-state index contributed by atoms with van der Waals surface area (Å²) in [5.41, 5.74) is 3.33. The van der Waals surface area contributed by atoms with Crippen LogP contribution in [-0.4, -0.2) is 67.9 Å². The number of nitrogens with one attached hydrogen (secondary N) is 1. The van der Waals surface area contributed by atoms with Crippen molar-refractivity contribution in [3.05, 3.63) is 59.7 Å². The lowest BCUT2D eigenvalue weighted by Gasteiger charge is -2.36. The summed E-state index contributed by atoms with van der Waals surface area (Å²) in [7, 11) is 0. The number of imidazole rings is 1. The number of aromatic amines is 1. The molecule has 0 spiro atoms. The molecule has 2 aromatic heterocycles. The van der Waals surface area contributed by atoms with Crippen LogP contribution in [0.2, 0.25) is 0 Å². The molecule has 0 radical (unpaired) electrons. The number of H-pyrrole nitrogens is 1. The number of piperidine rings is 1. The summed E-state index contributed by atoms with van der Waals surface area (Å²) in [5.74, 6) is 0.755. The maximum atomic E-state index is 13.2. The summed E-state index contributed by atoms with van der Waals surface area (Å²) in [4.78, 5) is 41.5. The van der Waals surface area contributed by atoms with E-state index in [1.807, 2.05) is 28.0 Å². The average molecular weight is 434 g/mol. The third kappa shape index (κ3) is 3.86. The molecule has 32 heavy (non-hydrogen) atoms. The van der Waals surface area contributed by atoms with Gasteiger partial charge >= 0.3 is 0 Å². The van der Waals surface area contributed by atoms with Crippen molar-refractivity contribution in [2.24, 2.45) is 11.8 Å². The van der Waals surface area contributed by atoms with Crippen molar-refractivity contribution in [1.29, 1.82) is 0 Å². The lowest BCUT2D eigenvalue weighted by Crippen LogP contribution is -2.42. The van der Waals surface area contributed by atoms with Gasteiger partial charge in [0.1, 0.15) is 5.52 Å². The predicted octanol–water partition coefficient (Wildman–Crippen LogP) is 2.46. The highest BCUT2D eigenvalue weighted by Gasteiger charge is 2.36. The number of carbonyl (C=O) groups excluding carboxylic acids is 2. The minimum absolute atomic E-state index is 0.0206. The third-order valence-electron chi connectivity index (χ3n) is 6.84. The van der Waals surface area contributed by atoms with E-state index in [-0.39, 0.29) is 18.4 Å². The van der Waals surface area contributed by atoms with Crippen molar-refractivity contribution in [2.45, 2.75) is 25.9 Å². The first-order valence-electron chi connectivity index (χ1n) is 11.2. The molecule has 8 nitrogen and oxygen atoms in total. The zero-order valence-electron chi connectivity index (χ0n) is 17.9. The van der Waals surface area contributed by atoms with Gasteiger partial charge in [-0.3, -0.25) is 14.6 Å². The second-order valence-electron chi connectivity index (χ2n) is 8.80. The second-order valence-corrected chi connectivity index (χ2v) is 8.80. The van der Waals surface area contributed by atoms with Crippen molar-refractivity contribution in [2.75, 3.05) is 26.2 Å². The van der Waals surface area contributed by atoms with Crippen LogP contribution >= 0.6 is 0 Å². The first-order chi connectivity index (χ1) is 15.6. The van der Waals surface area contributed by atoms with Crippen LogP contribution in [0, 0.1) is 11.8 Å². The van der Waals surface area contributed by atoms with Gasteiger partial charge in [0.25, 0.3) is 11.8 Å². The minimum atomic E-state index is -0.0722. The maximum Gasteiger partial charge on any atom is 0.257 e. The SMILES string of the molecule is O=C(c1cccc(CO)c1)N1CCCC(C2CCN(C(=O)c3cncc4[nH]cnc34)C2)C1. The Balaban J connectivity index is 1.25. The maximum absolute atomic E-state index is 13.2. The standard InChI is InChI=1S/C24H27N5O3/c30-14-16-3-1-4-17(9-16)23(31)28-7-2-5-18(12-28)19-6-8-29(13-19)24(32)20-10-25-11-21-22(20)27-15-26-21/h1,3-4,9-11,15,18-19,30H,2,5-8,12-14H2,(H,26,27). The summed E-state index contributed by atoms with van der Waals surface area (Å²) in [6.07, 6.45) is 7.85. The quantitative estimate of drug-likeness (QED) is 0.658. The molecule has 4 heterocycles. The zero-order valence-corrected chi connectivity index (χ0v) is 17.9. The van der Waals surface area contributed by atoms with Gasteiger partial charge in [-0.05, 0) is 48.8 Å². The molecule has 5 rings (SSSR count). The highest BCUT2D eigenvalue weighted by atomic mass is 16.3. The fourth-order valence-electron chi connectivity index (χ4n) is 5.11. The van der Waals surface area contributed by atoms with Gasteiger partial charge in [0.15, 0.2) is 0 Å². The monoisotopic (exact) mass is 433 g/mol. The van der Waals surface area contributed by atoms with Gasteiger partial charge in [-0.1, -0.05) is 12.1 Å². The number of fused-ring (bicyclic) bond motifs is 1. The molecule has 2 saturated heterocycles. The van der Waals surface area contributed by atoms with Crippen LogP contribution in [0.3, 0.4) is 0 Å². The van der Waals surface area contributed by atoms with Gasteiger partial charge in [-0.2, -0.15) is 0 Å². The minimum Gasteiger partial charge on any atom is -0.392 e. The molecule has 166 valence electrons. The van der Waals surface area contributed by atoms with Crippen LogP contribution in [-0.2, 0) is 6.61 Å². The van der Waals surface area contributed by atoms with E-state index >= 15 is 0 Å². The number of hydrogen-bond acceptors (Lipinski definition) is 5. The molecule has 2 amide bonds. The smallest absolute Gasteiger partial charge is 0.257 e. The van der Waals surface area contributed by atoms with Gasteiger partial charge in [-0.15, -0.1) is 0 Å². The molecule has 0 aliphatic carbocycles. The van der Waals surface area contributed by atoms with Crippen LogP contribution in [0.1, 0.15) is 45.5 Å². The third-order valence-corrected chi connectivity index (χ3v) is 6.84. The Hall–Kier alpha value is -3.26. The summed E-state index contributed by atoms with van der Waals surface area (Å²) < 4.78 is 0. The number of carbonyl (C=O) groups is 2. The molecule has 0 bridgehead atoms. The lowest BCUT2D eigenvalue weighted by atomic mass is 9.84. The van der Waals surface area contributed by atoms with Gasteiger partial charge in [-0.25, -0.2) is 4.98 Å². The van der Waals surface area contributed by atoms with Crippen molar-refractivity contribution in [3.8, 4) is 0 Å². The Kier molecular flexibility index (Phi) is 5.61. The van der Waals surface area contributed by atoms with E-state index in [4.69, 9.17) is 0 Å². The van der Waals surface area contributed by atoms with E-state index in [0.717, 1.165) is 36.9 Å². The summed E-state index contributed by atoms with van der Waals surface area (Å²) in [5, 5.41) is 9.37. The van der Waals surface area contributed by atoms with Crippen molar-refractivity contribution in [3.63, 3.8) is 0 Å². The van der Waals surface area contributed by atoms with Gasteiger partial charge in [0.05, 0.1) is 30.2 Å². The molecule has 2 fully saturated rings. The first kappa shape index (κ1) is 20.6. The van der Waals surface area contributed by atoms with Crippen molar-refractivity contribution in [1.82, 2.24) is 24.8 Å². The molecule has 2 unspecified atom stereocenters. The molecular formula is C24H27N5O3. The van der Waals surface area contributed by atoms with Crippen LogP contribution in [0.5, 0.6) is 0 Å². The van der Waals surface area contributed by atoms with E-state index in [2.05, 4.69) is 15.0 Å². The number of benzene rings is 1. The summed E-state index contributed by atoms with van der Waals surface area (Å²) in [6, 6.07) is 7.21. The molecule has 8 heteroatoms. The summed E-state index contributed by atoms with van der Waals surface area (Å²) >= 11 is 0. The normalized spacial score (nSPS) is 21.3. The van der Waals surface area contributed by atoms with Crippen LogP contribution in [0.15, 0.2) is 43.0 Å². The van der Waals surface area contributed by atoms with Crippen molar-refractivity contribution >= 4 is 22.8 Å². The van der Waals surface area contributed by atoms with Gasteiger partial charge in [0.2, 0.25) is 0 Å². The van der Waals surface area contributed by atoms with E-state index in [9.17, 15) is 14.7 Å². The number of nitrogens with zero attached hydrogens (tertiary/aromatic N) is 4. The molecule has 2 aliphatic rings. The number of rotatable bonds is 4. The van der Waals surface area contributed by atoms with E-state index in [0.29, 0.717) is 48.1 Å². The molecule has 2 atom stereocenters. The number of aromatic nitrogens is 3. The molecule has 0 saturated carbocycles. The fourth-order valence-corrected chi connectivity index (χ4v) is 5.11. The number of likely N-dealkylation sites (tertiary alicyclic amines) is 2. The summed E-state index contributed by atoms with van der Waals surface area (Å²) in [6.45, 7) is 2.81. The van der Waals surface area contributed by atoms with Crippen LogP contribution in [0.4, 0.5) is 0 Å². The Bertz CT molecular complexity index is 1140. The molecule has 1 aromatic carbocycles. The highest BCUT2D eigenvalue weighted by Crippen LogP contribution is 2.32. The van der Waals surface area contributed by atoms with Crippen molar-refractivity contribution < 1.29 is 14.7 Å². The molecule has 2 N–H and O–H groups in total. The molecule has 2 aliphatic heterocycles. The Morgan fingerprint density at radius 1 is 1.06 bits per heavy atom. The van der Waals surface area contributed by atoms with Gasteiger partial charge in [0, 0.05) is 37.9 Å². The van der Waals surface area contributed by atoms with E-state index in [1.165, 1.54) is 0 Å². The Morgan fingerprint density at radius 3 is 2.72 bits per heavy atom. The number of aliphatic hydroxyl groups excluding tert-OH is 1. The highest BCUT2D eigenvalue weighted by molar-refractivity contribution is 6.04. The Morgan fingerprint density at radius 2 is 1.88 bits per heavy atom. The van der Waals surface area contributed by atoms with Crippen LogP contribution < -0.4 is 0 Å². The Labute approximate surface area is 186 Å². The number of aliphatic hydroxyl groups is 1. The zero-order chi connectivity index (χ0) is 22.1. The average Bonchev–Trinajstić information content (AvgIpc) is 3.53. The van der Waals surface area contributed by atoms with E-state index in [1.54, 1.807) is 24.8 Å². The van der Waals surface area contributed by atoms with E-state index < -0.39 is 0 Å². The molecule has 3 aromatic rings. The number of pyridine rings is 1. The first-order valence-corrected chi connectivity index (χ1v) is 11.2. The largest absolute Gasteiger partial charge is 0.392 e. The van der Waals surface area contributed by atoms with Gasteiger partial charge < -0.3 is 19.9 Å². The molecular weight excluding hydrogens is 406 g/mol. The predicted molar refractivity (Wildman–Crippen MR) is 119 cm³/mol. The number of amides is 2. The lowest BCUT2D eigenvalue weighted by molar-refractivity contribution is 0.0618. The number of hydrogen-bond donors (Lipinski definition) is 2. The fraction of sp³-hybridized carbons (Fsp3) is 0.417. The van der Waals surface area contributed by atoms with Crippen LogP contribution in [0.25, 0.3) is 11.0 Å². The second kappa shape index (κ2) is 8.70.